The van der Waals surface area contributed by atoms with Crippen LogP contribution < -0.4 is 5.32 Å². The lowest BCUT2D eigenvalue weighted by Crippen LogP contribution is -2.50. The van der Waals surface area contributed by atoms with Crippen molar-refractivity contribution in [2.75, 3.05) is 26.2 Å². The van der Waals surface area contributed by atoms with E-state index in [1.165, 1.54) is 12.8 Å². The average molecular weight is 248 g/mol. The second-order valence-corrected chi connectivity index (χ2v) is 5.12. The summed E-state index contributed by atoms with van der Waals surface area (Å²) in [6.07, 6.45) is 2.36. The largest absolute Gasteiger partial charge is 0.307 e. The zero-order chi connectivity index (χ0) is 12.7. The third kappa shape index (κ3) is 5.77. The Bertz CT molecular complexity index is 200. The molecule has 102 valence electrons. The SMILES string of the molecule is CCCCN1CC(CC)CC(NCC(F)F)C1. The molecule has 2 unspecified atom stereocenters. The van der Waals surface area contributed by atoms with E-state index in [4.69, 9.17) is 0 Å². The van der Waals surface area contributed by atoms with Crippen LogP contribution in [0.1, 0.15) is 39.5 Å². The van der Waals surface area contributed by atoms with E-state index in [9.17, 15) is 8.78 Å². The molecule has 0 spiro atoms. The van der Waals surface area contributed by atoms with Gasteiger partial charge in [-0.25, -0.2) is 8.78 Å². The zero-order valence-corrected chi connectivity index (χ0v) is 11.1. The van der Waals surface area contributed by atoms with Gasteiger partial charge in [0.15, 0.2) is 0 Å². The van der Waals surface area contributed by atoms with Crippen LogP contribution in [0.4, 0.5) is 8.78 Å². The van der Waals surface area contributed by atoms with Crippen molar-refractivity contribution in [3.8, 4) is 0 Å². The molecule has 0 aromatic carbocycles. The number of piperidine rings is 1. The van der Waals surface area contributed by atoms with Gasteiger partial charge in [0.05, 0.1) is 6.54 Å². The fourth-order valence-electron chi connectivity index (χ4n) is 2.57. The lowest BCUT2D eigenvalue weighted by molar-refractivity contribution is 0.107. The summed E-state index contributed by atoms with van der Waals surface area (Å²) in [7, 11) is 0. The van der Waals surface area contributed by atoms with Crippen LogP contribution in [0.25, 0.3) is 0 Å². The lowest BCUT2D eigenvalue weighted by Gasteiger charge is -2.38. The van der Waals surface area contributed by atoms with Crippen LogP contribution in [0.15, 0.2) is 0 Å². The van der Waals surface area contributed by atoms with Crippen LogP contribution in [-0.2, 0) is 0 Å². The number of hydrogen-bond acceptors (Lipinski definition) is 2. The molecular formula is C13H26F2N2. The zero-order valence-electron chi connectivity index (χ0n) is 11.1. The number of nitrogens with zero attached hydrogens (tertiary/aromatic N) is 1. The molecule has 0 aliphatic carbocycles. The van der Waals surface area contributed by atoms with E-state index >= 15 is 0 Å². The Labute approximate surface area is 104 Å². The summed E-state index contributed by atoms with van der Waals surface area (Å²) in [5.74, 6) is 0.663. The Balaban J connectivity index is 2.36. The third-order valence-corrected chi connectivity index (χ3v) is 3.58. The molecule has 0 aromatic rings. The summed E-state index contributed by atoms with van der Waals surface area (Å²) in [4.78, 5) is 2.43. The molecule has 1 heterocycles. The fraction of sp³-hybridized carbons (Fsp3) is 1.00. The Morgan fingerprint density at radius 3 is 2.65 bits per heavy atom. The summed E-state index contributed by atoms with van der Waals surface area (Å²) < 4.78 is 24.4. The van der Waals surface area contributed by atoms with Crippen LogP contribution in [0.3, 0.4) is 0 Å². The van der Waals surface area contributed by atoms with Gasteiger partial charge in [-0.3, -0.25) is 0 Å². The molecule has 0 amide bonds. The van der Waals surface area contributed by atoms with Gasteiger partial charge in [-0.1, -0.05) is 26.7 Å². The van der Waals surface area contributed by atoms with Crippen molar-refractivity contribution in [3.05, 3.63) is 0 Å². The minimum atomic E-state index is -2.24. The Morgan fingerprint density at radius 2 is 2.06 bits per heavy atom. The molecule has 1 aliphatic heterocycles. The van der Waals surface area contributed by atoms with Gasteiger partial charge in [-0.05, 0) is 25.3 Å². The highest BCUT2D eigenvalue weighted by atomic mass is 19.3. The lowest BCUT2D eigenvalue weighted by atomic mass is 9.92. The molecule has 0 radical (unpaired) electrons. The summed E-state index contributed by atoms with van der Waals surface area (Å²) in [5, 5.41) is 3.00. The number of nitrogens with one attached hydrogen (secondary N) is 1. The average Bonchev–Trinajstić information content (AvgIpc) is 2.33. The first-order chi connectivity index (χ1) is 8.15. The van der Waals surface area contributed by atoms with E-state index in [1.54, 1.807) is 0 Å². The smallest absolute Gasteiger partial charge is 0.250 e. The van der Waals surface area contributed by atoms with Crippen molar-refractivity contribution in [1.82, 2.24) is 10.2 Å². The third-order valence-electron chi connectivity index (χ3n) is 3.58. The van der Waals surface area contributed by atoms with Crippen LogP contribution in [0.5, 0.6) is 0 Å². The van der Waals surface area contributed by atoms with Crippen molar-refractivity contribution < 1.29 is 8.78 Å². The van der Waals surface area contributed by atoms with E-state index in [0.717, 1.165) is 32.5 Å². The van der Waals surface area contributed by atoms with Crippen LogP contribution in [0, 0.1) is 5.92 Å². The topological polar surface area (TPSA) is 15.3 Å². The van der Waals surface area contributed by atoms with Crippen molar-refractivity contribution in [2.24, 2.45) is 5.92 Å². The molecule has 2 atom stereocenters. The van der Waals surface area contributed by atoms with Gasteiger partial charge in [0.1, 0.15) is 0 Å². The molecule has 1 rings (SSSR count). The number of likely N-dealkylation sites (tertiary alicyclic amines) is 1. The molecule has 1 fully saturated rings. The highest BCUT2D eigenvalue weighted by molar-refractivity contribution is 4.83. The monoisotopic (exact) mass is 248 g/mol. The molecule has 0 bridgehead atoms. The number of unbranched alkanes of at least 4 members (excludes halogenated alkanes) is 1. The molecule has 1 aliphatic rings. The molecule has 0 aromatic heterocycles. The first kappa shape index (κ1) is 14.8. The Hall–Kier alpha value is -0.220. The maximum atomic E-state index is 12.2. The summed E-state index contributed by atoms with van der Waals surface area (Å²) in [6, 6.07) is 0.250. The Kier molecular flexibility index (Phi) is 6.97. The second kappa shape index (κ2) is 7.98. The molecule has 2 nitrogen and oxygen atoms in total. The van der Waals surface area contributed by atoms with E-state index in [0.29, 0.717) is 5.92 Å². The van der Waals surface area contributed by atoms with Gasteiger partial charge in [0, 0.05) is 19.1 Å². The minimum absolute atomic E-state index is 0.164. The van der Waals surface area contributed by atoms with Crippen molar-refractivity contribution in [3.63, 3.8) is 0 Å². The normalized spacial score (nSPS) is 26.6. The maximum Gasteiger partial charge on any atom is 0.250 e. The second-order valence-electron chi connectivity index (χ2n) is 5.12. The van der Waals surface area contributed by atoms with E-state index in [1.807, 2.05) is 0 Å². The van der Waals surface area contributed by atoms with Gasteiger partial charge in [0.2, 0.25) is 0 Å². The van der Waals surface area contributed by atoms with Gasteiger partial charge < -0.3 is 10.2 Å². The summed E-state index contributed by atoms with van der Waals surface area (Å²) in [5.41, 5.74) is 0. The highest BCUT2D eigenvalue weighted by Crippen LogP contribution is 2.20. The quantitative estimate of drug-likeness (QED) is 0.745. The number of hydrogen-bond donors (Lipinski definition) is 1. The van der Waals surface area contributed by atoms with Crippen LogP contribution in [-0.4, -0.2) is 43.5 Å². The molecule has 17 heavy (non-hydrogen) atoms. The first-order valence-electron chi connectivity index (χ1n) is 6.89. The number of halogens is 2. The fourth-order valence-corrected chi connectivity index (χ4v) is 2.57. The number of rotatable bonds is 7. The standard InChI is InChI=1S/C13H26F2N2/c1-3-5-6-17-9-11(4-2)7-12(10-17)16-8-13(14)15/h11-13,16H,3-10H2,1-2H3. The molecule has 1 saturated heterocycles. The van der Waals surface area contributed by atoms with Crippen LogP contribution in [0.2, 0.25) is 0 Å². The van der Waals surface area contributed by atoms with Crippen molar-refractivity contribution in [2.45, 2.75) is 52.0 Å². The molecular weight excluding hydrogens is 222 g/mol. The van der Waals surface area contributed by atoms with Crippen molar-refractivity contribution in [1.29, 1.82) is 0 Å². The van der Waals surface area contributed by atoms with Gasteiger partial charge in [-0.15, -0.1) is 0 Å². The molecule has 1 N–H and O–H groups in total. The minimum Gasteiger partial charge on any atom is -0.307 e. The predicted octanol–water partition coefficient (Wildman–Crippen LogP) is 2.74. The summed E-state index contributed by atoms with van der Waals surface area (Å²) >= 11 is 0. The van der Waals surface area contributed by atoms with Gasteiger partial charge in [0.25, 0.3) is 6.43 Å². The Morgan fingerprint density at radius 1 is 1.29 bits per heavy atom. The first-order valence-corrected chi connectivity index (χ1v) is 6.89. The van der Waals surface area contributed by atoms with Crippen LogP contribution >= 0.6 is 0 Å². The highest BCUT2D eigenvalue weighted by Gasteiger charge is 2.25. The van der Waals surface area contributed by atoms with Gasteiger partial charge in [-0.2, -0.15) is 0 Å². The van der Waals surface area contributed by atoms with E-state index < -0.39 is 6.43 Å². The van der Waals surface area contributed by atoms with Gasteiger partial charge >= 0.3 is 0 Å². The molecule has 0 saturated carbocycles. The summed E-state index contributed by atoms with van der Waals surface area (Å²) in [6.45, 7) is 7.40. The van der Waals surface area contributed by atoms with E-state index in [-0.39, 0.29) is 12.6 Å². The van der Waals surface area contributed by atoms with Crippen molar-refractivity contribution >= 4 is 0 Å². The number of alkyl halides is 2. The van der Waals surface area contributed by atoms with E-state index in [2.05, 4.69) is 24.1 Å². The molecule has 4 heteroatoms. The predicted molar refractivity (Wildman–Crippen MR) is 67.5 cm³/mol. The maximum absolute atomic E-state index is 12.2.